The highest BCUT2D eigenvalue weighted by atomic mass is 32.2. The second kappa shape index (κ2) is 12.8. The largest absolute Gasteiger partial charge is 0.456 e. The molecule has 4 aromatic rings. The van der Waals surface area contributed by atoms with Crippen molar-refractivity contribution in [2.24, 2.45) is 5.92 Å². The van der Waals surface area contributed by atoms with Gasteiger partial charge in [-0.3, -0.25) is 24.6 Å². The quantitative estimate of drug-likeness (QED) is 0.0875. The van der Waals surface area contributed by atoms with Gasteiger partial charge in [-0.05, 0) is 33.6 Å². The second-order valence-corrected chi connectivity index (χ2v) is 14.6. The summed E-state index contributed by atoms with van der Waals surface area (Å²) in [4.78, 5) is 52.7. The molecular formula is C33H29N2O6PS. The van der Waals surface area contributed by atoms with E-state index in [0.29, 0.717) is 5.56 Å². The van der Waals surface area contributed by atoms with Crippen molar-refractivity contribution in [1.29, 1.82) is 0 Å². The van der Waals surface area contributed by atoms with Gasteiger partial charge in [0.2, 0.25) is 5.91 Å². The first-order valence-electron chi connectivity index (χ1n) is 13.6. The van der Waals surface area contributed by atoms with Crippen molar-refractivity contribution in [3.05, 3.63) is 131 Å². The topological polar surface area (TPSA) is 107 Å². The molecule has 0 spiro atoms. The van der Waals surface area contributed by atoms with Gasteiger partial charge in [0.25, 0.3) is 5.69 Å². The van der Waals surface area contributed by atoms with Gasteiger partial charge in [0.05, 0.1) is 10.8 Å². The number of rotatable bonds is 9. The molecule has 1 saturated heterocycles. The third-order valence-corrected chi connectivity index (χ3v) is 12.7. The average Bonchev–Trinajstić information content (AvgIpc) is 3.04. The summed E-state index contributed by atoms with van der Waals surface area (Å²) in [6, 6.07) is 34.6. The maximum Gasteiger partial charge on any atom is 0.356 e. The number of benzene rings is 4. The van der Waals surface area contributed by atoms with E-state index >= 15 is 0 Å². The monoisotopic (exact) mass is 612 g/mol. The van der Waals surface area contributed by atoms with E-state index in [1.54, 1.807) is 6.92 Å². The molecule has 2 atom stereocenters. The Balaban J connectivity index is 1.80. The van der Waals surface area contributed by atoms with Crippen LogP contribution in [0.5, 0.6) is 0 Å². The van der Waals surface area contributed by atoms with Gasteiger partial charge in [-0.1, -0.05) is 110 Å². The van der Waals surface area contributed by atoms with E-state index in [2.05, 4.69) is 0 Å². The summed E-state index contributed by atoms with van der Waals surface area (Å²) >= 11 is 1.02. The first-order valence-corrected chi connectivity index (χ1v) is 16.3. The van der Waals surface area contributed by atoms with Gasteiger partial charge in [-0.15, -0.1) is 0 Å². The number of carbonyl (C=O) groups is 3. The van der Waals surface area contributed by atoms with Gasteiger partial charge in [-0.25, -0.2) is 4.79 Å². The lowest BCUT2D eigenvalue weighted by Gasteiger charge is -2.48. The molecular weight excluding hydrogens is 583 g/mol. The molecule has 1 aliphatic rings. The molecule has 4 aromatic carbocycles. The first kappa shape index (κ1) is 30.0. The van der Waals surface area contributed by atoms with Crippen LogP contribution in [0.2, 0.25) is 0 Å². The Morgan fingerprint density at radius 3 is 1.72 bits per heavy atom. The van der Waals surface area contributed by atoms with Crippen molar-refractivity contribution in [3.63, 3.8) is 0 Å². The van der Waals surface area contributed by atoms with Crippen LogP contribution < -0.4 is 15.9 Å². The summed E-state index contributed by atoms with van der Waals surface area (Å²) in [7, 11) is 0. The molecule has 0 aliphatic carbocycles. The zero-order chi connectivity index (χ0) is 30.6. The van der Waals surface area contributed by atoms with Crippen LogP contribution >= 0.6 is 18.6 Å². The number of non-ortho nitro benzene ring substituents is 1. The Morgan fingerprint density at radius 1 is 0.837 bits per heavy atom. The third-order valence-electron chi connectivity index (χ3n) is 7.27. The molecule has 5 rings (SSSR count). The standard InChI is InChI=1S/C33H29N2O6PS/c1-23-30(37)34(32(23)43-24(2)36)31(33(38)41-22-25-18-20-26(21-19-25)35(39)40)42(27-12-6-3-7-13-27,28-14-8-4-9-15-28)29-16-10-5-11-17-29/h3-21,23,32H,22H2,1-2H3. The lowest BCUT2D eigenvalue weighted by molar-refractivity contribution is -0.384. The molecule has 218 valence electrons. The summed E-state index contributed by atoms with van der Waals surface area (Å²) < 4.78 is 5.95. The van der Waals surface area contributed by atoms with Crippen molar-refractivity contribution in [2.45, 2.75) is 25.8 Å². The Kier molecular flexibility index (Phi) is 8.94. The lowest BCUT2D eigenvalue weighted by Crippen LogP contribution is -2.63. The number of β-lactam (4-membered cyclic amide) rings is 1. The molecule has 0 radical (unpaired) electrons. The highest BCUT2D eigenvalue weighted by molar-refractivity contribution is 8.14. The fourth-order valence-electron chi connectivity index (χ4n) is 5.25. The Bertz CT molecular complexity index is 1610. The molecule has 0 bridgehead atoms. The predicted molar refractivity (Wildman–Crippen MR) is 171 cm³/mol. The van der Waals surface area contributed by atoms with Crippen LogP contribution in [-0.2, 0) is 25.7 Å². The van der Waals surface area contributed by atoms with Crippen molar-refractivity contribution in [2.75, 3.05) is 0 Å². The van der Waals surface area contributed by atoms with Crippen LogP contribution in [0.3, 0.4) is 0 Å². The number of hydrogen-bond acceptors (Lipinski definition) is 7. The minimum absolute atomic E-state index is 0.0752. The number of nitrogens with zero attached hydrogens (tertiary/aromatic N) is 2. The van der Waals surface area contributed by atoms with Crippen LogP contribution in [0.1, 0.15) is 19.4 Å². The normalized spacial score (nSPS) is 16.2. The van der Waals surface area contributed by atoms with E-state index in [-0.39, 0.29) is 28.7 Å². The minimum Gasteiger partial charge on any atom is -0.456 e. The molecule has 1 fully saturated rings. The zero-order valence-electron chi connectivity index (χ0n) is 23.5. The van der Waals surface area contributed by atoms with Gasteiger partial charge >= 0.3 is 5.97 Å². The van der Waals surface area contributed by atoms with E-state index in [1.165, 1.54) is 36.1 Å². The molecule has 2 unspecified atom stereocenters. The number of nitro benzene ring substituents is 1. The maximum atomic E-state index is 14.5. The van der Waals surface area contributed by atoms with Crippen molar-refractivity contribution in [3.8, 4) is 0 Å². The lowest BCUT2D eigenvalue weighted by atomic mass is 10.0. The number of nitro groups is 1. The van der Waals surface area contributed by atoms with E-state index in [4.69, 9.17) is 4.74 Å². The van der Waals surface area contributed by atoms with Gasteiger partial charge in [0.1, 0.15) is 17.4 Å². The summed E-state index contributed by atoms with van der Waals surface area (Å²) in [5.74, 6) is -1.46. The molecule has 0 saturated carbocycles. The minimum atomic E-state index is -3.09. The number of hydrogen-bond donors (Lipinski definition) is 0. The number of thioether (sulfide) groups is 1. The molecule has 0 aromatic heterocycles. The molecule has 0 N–H and O–H groups in total. The SMILES string of the molecule is CC(=O)SC1C(C)C(=O)N1C(C(=O)OCc1ccc([N+](=O)[O-])cc1)=P(c1ccccc1)(c1ccccc1)c1ccccc1. The molecule has 1 amide bonds. The first-order chi connectivity index (χ1) is 20.7. The van der Waals surface area contributed by atoms with Crippen LogP contribution in [0, 0.1) is 16.0 Å². The van der Waals surface area contributed by atoms with E-state index in [1.807, 2.05) is 91.0 Å². The van der Waals surface area contributed by atoms with Crippen LogP contribution in [0.4, 0.5) is 5.69 Å². The smallest absolute Gasteiger partial charge is 0.356 e. The Morgan fingerprint density at radius 2 is 1.30 bits per heavy atom. The van der Waals surface area contributed by atoms with Crippen LogP contribution in [0.25, 0.3) is 0 Å². The number of ether oxygens (including phenoxy) is 1. The molecule has 8 nitrogen and oxygen atoms in total. The van der Waals surface area contributed by atoms with E-state index < -0.39 is 29.1 Å². The Labute approximate surface area is 253 Å². The summed E-state index contributed by atoms with van der Waals surface area (Å²) in [5.41, 5.74) is 0.660. The zero-order valence-corrected chi connectivity index (χ0v) is 25.2. The van der Waals surface area contributed by atoms with Gasteiger partial charge in [-0.2, -0.15) is 0 Å². The highest BCUT2D eigenvalue weighted by Crippen LogP contribution is 2.50. The third kappa shape index (κ3) is 5.78. The van der Waals surface area contributed by atoms with Crippen molar-refractivity contribution >= 4 is 62.7 Å². The summed E-state index contributed by atoms with van der Waals surface area (Å²) in [5, 5.41) is 12.9. The fourth-order valence-corrected chi connectivity index (χ4v) is 10.7. The maximum absolute atomic E-state index is 14.5. The van der Waals surface area contributed by atoms with Crippen molar-refractivity contribution < 1.29 is 24.0 Å². The van der Waals surface area contributed by atoms with Gasteiger partial charge in [0, 0.05) is 25.9 Å². The van der Waals surface area contributed by atoms with Crippen LogP contribution in [0.15, 0.2) is 115 Å². The number of carbonyl (C=O) groups excluding carboxylic acids is 3. The van der Waals surface area contributed by atoms with Crippen LogP contribution in [-0.4, -0.2) is 37.6 Å². The number of likely N-dealkylation sites (tertiary alicyclic amines) is 1. The molecule has 10 heteroatoms. The van der Waals surface area contributed by atoms with Crippen molar-refractivity contribution in [1.82, 2.24) is 4.90 Å². The molecule has 1 aliphatic heterocycles. The van der Waals surface area contributed by atoms with E-state index in [0.717, 1.165) is 27.7 Å². The fraction of sp³-hybridized carbons (Fsp3) is 0.152. The summed E-state index contributed by atoms with van der Waals surface area (Å²) in [6.07, 6.45) is 0. The number of amides is 1. The van der Waals surface area contributed by atoms with E-state index in [9.17, 15) is 24.5 Å². The number of esters is 1. The van der Waals surface area contributed by atoms with Gasteiger partial charge in [0.15, 0.2) is 5.12 Å². The predicted octanol–water partition coefficient (Wildman–Crippen LogP) is 4.85. The Hall–Kier alpha value is -4.46. The molecule has 43 heavy (non-hydrogen) atoms. The van der Waals surface area contributed by atoms with Gasteiger partial charge < -0.3 is 4.74 Å². The summed E-state index contributed by atoms with van der Waals surface area (Å²) in [6.45, 7) is -0.0601. The highest BCUT2D eigenvalue weighted by Gasteiger charge is 2.52. The average molecular weight is 613 g/mol. The molecule has 1 heterocycles. The second-order valence-electron chi connectivity index (χ2n) is 10.00.